The van der Waals surface area contributed by atoms with E-state index in [1.165, 1.54) is 0 Å². The SMILES string of the molecule is Cc1noc(C)c1COc1ccc(CC(=O)N2CCOC(CC(=O)O)C2)cc1. The number of hydrogen-bond donors (Lipinski definition) is 1. The highest BCUT2D eigenvalue weighted by Gasteiger charge is 2.25. The van der Waals surface area contributed by atoms with E-state index in [0.29, 0.717) is 32.1 Å². The van der Waals surface area contributed by atoms with E-state index in [-0.39, 0.29) is 18.7 Å². The number of carbonyl (C=O) groups excluding carboxylic acids is 1. The zero-order chi connectivity index (χ0) is 20.1. The second kappa shape index (κ2) is 8.88. The molecule has 1 atom stereocenters. The lowest BCUT2D eigenvalue weighted by atomic mass is 10.1. The molecule has 1 aromatic carbocycles. The molecule has 0 bridgehead atoms. The molecule has 1 saturated heterocycles. The standard InChI is InChI=1S/C20H24N2O6/c1-13-18(14(2)28-21-13)12-27-16-5-3-15(4-6-16)9-19(23)22-7-8-26-17(11-22)10-20(24)25/h3-6,17H,7-12H2,1-2H3,(H,24,25). The van der Waals surface area contributed by atoms with Crippen molar-refractivity contribution in [2.75, 3.05) is 19.7 Å². The molecule has 0 spiro atoms. The molecule has 1 N–H and O–H groups in total. The van der Waals surface area contributed by atoms with Crippen LogP contribution in [0.4, 0.5) is 0 Å². The van der Waals surface area contributed by atoms with E-state index in [4.69, 9.17) is 19.1 Å². The highest BCUT2D eigenvalue weighted by Crippen LogP contribution is 2.19. The maximum Gasteiger partial charge on any atom is 0.306 e. The van der Waals surface area contributed by atoms with Crippen LogP contribution < -0.4 is 4.74 Å². The first-order valence-corrected chi connectivity index (χ1v) is 9.17. The molecule has 8 heteroatoms. The molecule has 0 aliphatic carbocycles. The number of ether oxygens (including phenoxy) is 2. The Kier molecular flexibility index (Phi) is 6.30. The van der Waals surface area contributed by atoms with Crippen molar-refractivity contribution in [2.24, 2.45) is 0 Å². The summed E-state index contributed by atoms with van der Waals surface area (Å²) in [5.74, 6) is 0.477. The number of morpholine rings is 1. The first-order chi connectivity index (χ1) is 13.4. The minimum absolute atomic E-state index is 0.0388. The number of hydrogen-bond acceptors (Lipinski definition) is 6. The topological polar surface area (TPSA) is 102 Å². The van der Waals surface area contributed by atoms with Gasteiger partial charge >= 0.3 is 5.97 Å². The summed E-state index contributed by atoms with van der Waals surface area (Å²) >= 11 is 0. The quantitative estimate of drug-likeness (QED) is 0.775. The summed E-state index contributed by atoms with van der Waals surface area (Å²) in [6.07, 6.45) is -0.291. The van der Waals surface area contributed by atoms with Gasteiger partial charge in [0, 0.05) is 13.1 Å². The number of carbonyl (C=O) groups is 2. The minimum atomic E-state index is -0.925. The number of benzene rings is 1. The van der Waals surface area contributed by atoms with Crippen LogP contribution in [0, 0.1) is 13.8 Å². The maximum atomic E-state index is 12.5. The monoisotopic (exact) mass is 388 g/mol. The lowest BCUT2D eigenvalue weighted by molar-refractivity contribution is -0.147. The normalized spacial score (nSPS) is 16.8. The molecule has 2 heterocycles. The van der Waals surface area contributed by atoms with Gasteiger partial charge in [-0.05, 0) is 31.5 Å². The molecule has 0 radical (unpaired) electrons. The Hall–Kier alpha value is -2.87. The number of aryl methyl sites for hydroxylation is 2. The van der Waals surface area contributed by atoms with Crippen LogP contribution in [-0.2, 0) is 27.4 Å². The Morgan fingerprint density at radius 3 is 2.68 bits per heavy atom. The smallest absolute Gasteiger partial charge is 0.306 e. The lowest BCUT2D eigenvalue weighted by Crippen LogP contribution is -2.46. The van der Waals surface area contributed by atoms with Crippen molar-refractivity contribution in [3.8, 4) is 5.75 Å². The second-order valence-corrected chi connectivity index (χ2v) is 6.84. The van der Waals surface area contributed by atoms with Crippen molar-refractivity contribution < 1.29 is 28.7 Å². The van der Waals surface area contributed by atoms with Crippen molar-refractivity contribution in [1.29, 1.82) is 0 Å². The molecular weight excluding hydrogens is 364 g/mol. The van der Waals surface area contributed by atoms with E-state index in [2.05, 4.69) is 5.16 Å². The van der Waals surface area contributed by atoms with Crippen molar-refractivity contribution in [3.05, 3.63) is 46.8 Å². The van der Waals surface area contributed by atoms with Crippen molar-refractivity contribution in [3.63, 3.8) is 0 Å². The van der Waals surface area contributed by atoms with Gasteiger partial charge in [0.1, 0.15) is 18.1 Å². The minimum Gasteiger partial charge on any atom is -0.489 e. The largest absolute Gasteiger partial charge is 0.489 e. The van der Waals surface area contributed by atoms with E-state index < -0.39 is 12.1 Å². The number of carboxylic acid groups (broad SMARTS) is 1. The van der Waals surface area contributed by atoms with E-state index in [1.807, 2.05) is 38.1 Å². The van der Waals surface area contributed by atoms with E-state index in [0.717, 1.165) is 22.6 Å². The van der Waals surface area contributed by atoms with Gasteiger partial charge in [-0.15, -0.1) is 0 Å². The van der Waals surface area contributed by atoms with Crippen molar-refractivity contribution in [2.45, 2.75) is 39.4 Å². The molecule has 1 amide bonds. The Balaban J connectivity index is 1.52. The zero-order valence-corrected chi connectivity index (χ0v) is 16.0. The highest BCUT2D eigenvalue weighted by atomic mass is 16.5. The van der Waals surface area contributed by atoms with Gasteiger partial charge in [0.05, 0.1) is 36.8 Å². The summed E-state index contributed by atoms with van der Waals surface area (Å²) in [5, 5.41) is 12.8. The van der Waals surface area contributed by atoms with Gasteiger partial charge in [0.15, 0.2) is 0 Å². The molecule has 150 valence electrons. The average molecular weight is 388 g/mol. The summed E-state index contributed by atoms with van der Waals surface area (Å²) < 4.78 is 16.3. The molecule has 1 aliphatic rings. The fraction of sp³-hybridized carbons (Fsp3) is 0.450. The number of aliphatic carboxylic acids is 1. The fourth-order valence-electron chi connectivity index (χ4n) is 3.12. The third kappa shape index (κ3) is 5.10. The van der Waals surface area contributed by atoms with Gasteiger partial charge in [0.25, 0.3) is 0 Å². The number of aromatic nitrogens is 1. The van der Waals surface area contributed by atoms with Gasteiger partial charge in [-0.3, -0.25) is 9.59 Å². The number of carboxylic acids is 1. The highest BCUT2D eigenvalue weighted by molar-refractivity contribution is 5.79. The number of amides is 1. The van der Waals surface area contributed by atoms with Crippen LogP contribution in [-0.4, -0.2) is 52.8 Å². The van der Waals surface area contributed by atoms with E-state index >= 15 is 0 Å². The summed E-state index contributed by atoms with van der Waals surface area (Å²) in [7, 11) is 0. The molecule has 1 fully saturated rings. The molecular formula is C20H24N2O6. The Morgan fingerprint density at radius 2 is 2.04 bits per heavy atom. The summed E-state index contributed by atoms with van der Waals surface area (Å²) in [4.78, 5) is 25.0. The first kappa shape index (κ1) is 19.9. The molecule has 1 aliphatic heterocycles. The molecule has 8 nitrogen and oxygen atoms in total. The molecule has 0 saturated carbocycles. The maximum absolute atomic E-state index is 12.5. The molecule has 3 rings (SSSR count). The molecule has 1 aromatic heterocycles. The summed E-state index contributed by atoms with van der Waals surface area (Å²) in [6, 6.07) is 7.37. The first-order valence-electron chi connectivity index (χ1n) is 9.17. The third-order valence-corrected chi connectivity index (χ3v) is 4.74. The van der Waals surface area contributed by atoms with Crippen molar-refractivity contribution >= 4 is 11.9 Å². The predicted molar refractivity (Wildman–Crippen MR) is 99.0 cm³/mol. The van der Waals surface area contributed by atoms with Gasteiger partial charge in [-0.2, -0.15) is 0 Å². The molecule has 2 aromatic rings. The lowest BCUT2D eigenvalue weighted by Gasteiger charge is -2.32. The Labute approximate surface area is 163 Å². The Bertz CT molecular complexity index is 810. The fourth-order valence-corrected chi connectivity index (χ4v) is 3.12. The van der Waals surface area contributed by atoms with Gasteiger partial charge in [-0.1, -0.05) is 17.3 Å². The predicted octanol–water partition coefficient (Wildman–Crippen LogP) is 2.12. The van der Waals surface area contributed by atoms with Gasteiger partial charge in [-0.25, -0.2) is 0 Å². The van der Waals surface area contributed by atoms with Crippen LogP contribution in [0.2, 0.25) is 0 Å². The molecule has 1 unspecified atom stereocenters. The van der Waals surface area contributed by atoms with E-state index in [1.54, 1.807) is 4.90 Å². The molecule has 28 heavy (non-hydrogen) atoms. The van der Waals surface area contributed by atoms with Gasteiger partial charge in [0.2, 0.25) is 5.91 Å². The van der Waals surface area contributed by atoms with E-state index in [9.17, 15) is 9.59 Å². The average Bonchev–Trinajstić information content (AvgIpc) is 2.99. The number of rotatable bonds is 7. The van der Waals surface area contributed by atoms with Crippen molar-refractivity contribution in [1.82, 2.24) is 10.1 Å². The van der Waals surface area contributed by atoms with Crippen LogP contribution in [0.25, 0.3) is 0 Å². The number of nitrogens with zero attached hydrogens (tertiary/aromatic N) is 2. The van der Waals surface area contributed by atoms with Crippen LogP contribution in [0.3, 0.4) is 0 Å². The van der Waals surface area contributed by atoms with Crippen LogP contribution >= 0.6 is 0 Å². The second-order valence-electron chi connectivity index (χ2n) is 6.84. The Morgan fingerprint density at radius 1 is 1.29 bits per heavy atom. The van der Waals surface area contributed by atoms with Gasteiger partial charge < -0.3 is 24.0 Å². The van der Waals surface area contributed by atoms with Crippen LogP contribution in [0.1, 0.15) is 29.0 Å². The summed E-state index contributed by atoms with van der Waals surface area (Å²) in [5.41, 5.74) is 2.62. The third-order valence-electron chi connectivity index (χ3n) is 4.74. The zero-order valence-electron chi connectivity index (χ0n) is 16.0. The van der Waals surface area contributed by atoms with Crippen LogP contribution in [0.5, 0.6) is 5.75 Å². The van der Waals surface area contributed by atoms with Crippen LogP contribution in [0.15, 0.2) is 28.8 Å². The summed E-state index contributed by atoms with van der Waals surface area (Å²) in [6.45, 7) is 5.24.